The third kappa shape index (κ3) is 4.38. The van der Waals surface area contributed by atoms with E-state index in [1.165, 1.54) is 11.3 Å². The fourth-order valence-electron chi connectivity index (χ4n) is 3.57. The summed E-state index contributed by atoms with van der Waals surface area (Å²) in [4.78, 5) is 37.8. The van der Waals surface area contributed by atoms with E-state index in [2.05, 4.69) is 15.3 Å². The number of carbonyl (C=O) groups excluding carboxylic acids is 2. The van der Waals surface area contributed by atoms with Gasteiger partial charge < -0.3 is 15.0 Å². The molecule has 4 heterocycles. The minimum atomic E-state index is -0.370. The molecule has 0 saturated carbocycles. The standard InChI is InChI=1S/C21H24N4O3S2/c1-12(2)23-20(27)19-18(15-5-4-6-22-21(15)30-19)16-10-25(7-8-28-16)17(26)9-14-11-29-13(3)24-14/h4-6,11-12,16H,7-10H2,1-3H3,(H,23,27)/t16-/m0/s1. The van der Waals surface area contributed by atoms with Crippen LogP contribution >= 0.6 is 22.7 Å². The number of thiazole rings is 1. The number of pyridine rings is 1. The van der Waals surface area contributed by atoms with Gasteiger partial charge in [0.05, 0.1) is 30.3 Å². The van der Waals surface area contributed by atoms with E-state index in [4.69, 9.17) is 4.74 Å². The zero-order valence-corrected chi connectivity index (χ0v) is 18.8. The first kappa shape index (κ1) is 20.9. The van der Waals surface area contributed by atoms with Crippen molar-refractivity contribution in [1.82, 2.24) is 20.2 Å². The number of fused-ring (bicyclic) bond motifs is 1. The molecule has 0 spiro atoms. The number of hydrogen-bond donors (Lipinski definition) is 1. The molecule has 3 aromatic rings. The summed E-state index contributed by atoms with van der Waals surface area (Å²) in [5.74, 6) is -0.104. The Hall–Kier alpha value is -2.36. The van der Waals surface area contributed by atoms with Gasteiger partial charge in [-0.05, 0) is 26.8 Å². The summed E-state index contributed by atoms with van der Waals surface area (Å²) in [5, 5.41) is 6.76. The second-order valence-electron chi connectivity index (χ2n) is 7.56. The van der Waals surface area contributed by atoms with Crippen LogP contribution in [-0.2, 0) is 16.0 Å². The van der Waals surface area contributed by atoms with Crippen LogP contribution in [0.15, 0.2) is 23.7 Å². The van der Waals surface area contributed by atoms with Crippen molar-refractivity contribution in [2.24, 2.45) is 0 Å². The van der Waals surface area contributed by atoms with Crippen LogP contribution in [0.5, 0.6) is 0 Å². The zero-order chi connectivity index (χ0) is 21.3. The molecule has 1 aliphatic heterocycles. The molecule has 0 unspecified atom stereocenters. The van der Waals surface area contributed by atoms with E-state index in [1.54, 1.807) is 17.5 Å². The number of morpholine rings is 1. The van der Waals surface area contributed by atoms with E-state index in [0.29, 0.717) is 24.6 Å². The maximum Gasteiger partial charge on any atom is 0.262 e. The summed E-state index contributed by atoms with van der Waals surface area (Å²) in [6.45, 7) is 7.16. The lowest BCUT2D eigenvalue weighted by Gasteiger charge is -2.33. The van der Waals surface area contributed by atoms with Crippen molar-refractivity contribution in [3.8, 4) is 0 Å². The lowest BCUT2D eigenvalue weighted by atomic mass is 10.0. The zero-order valence-electron chi connectivity index (χ0n) is 17.2. The van der Waals surface area contributed by atoms with Gasteiger partial charge in [0.1, 0.15) is 15.8 Å². The van der Waals surface area contributed by atoms with Gasteiger partial charge in [0, 0.05) is 35.1 Å². The Labute approximate surface area is 183 Å². The van der Waals surface area contributed by atoms with Crippen LogP contribution in [0.25, 0.3) is 10.2 Å². The summed E-state index contributed by atoms with van der Waals surface area (Å²) in [5.41, 5.74) is 1.62. The number of nitrogens with zero attached hydrogens (tertiary/aromatic N) is 3. The number of hydrogen-bond acceptors (Lipinski definition) is 7. The Kier molecular flexibility index (Phi) is 6.12. The normalized spacial score (nSPS) is 16.9. The number of thiophene rings is 1. The van der Waals surface area contributed by atoms with Gasteiger partial charge >= 0.3 is 0 Å². The average Bonchev–Trinajstić information content (AvgIpc) is 3.31. The molecule has 0 aromatic carbocycles. The number of aryl methyl sites for hydroxylation is 1. The molecule has 0 bridgehead atoms. The van der Waals surface area contributed by atoms with Crippen LogP contribution in [0.4, 0.5) is 0 Å². The van der Waals surface area contributed by atoms with Crippen LogP contribution in [-0.4, -0.2) is 52.4 Å². The average molecular weight is 445 g/mol. The summed E-state index contributed by atoms with van der Waals surface area (Å²) < 4.78 is 6.05. The maximum atomic E-state index is 12.9. The third-order valence-electron chi connectivity index (χ3n) is 4.87. The van der Waals surface area contributed by atoms with E-state index in [1.807, 2.05) is 43.2 Å². The number of ether oxygens (including phenoxy) is 1. The smallest absolute Gasteiger partial charge is 0.262 e. The maximum absolute atomic E-state index is 12.9. The molecule has 1 N–H and O–H groups in total. The summed E-state index contributed by atoms with van der Waals surface area (Å²) in [6.07, 6.45) is 1.63. The van der Waals surface area contributed by atoms with E-state index in [-0.39, 0.29) is 30.4 Å². The number of amides is 2. The molecule has 1 atom stereocenters. The number of aromatic nitrogens is 2. The molecule has 3 aromatic heterocycles. The molecule has 0 aliphatic carbocycles. The molecule has 7 nitrogen and oxygen atoms in total. The van der Waals surface area contributed by atoms with Gasteiger partial charge in [-0.1, -0.05) is 6.07 Å². The van der Waals surface area contributed by atoms with Crippen molar-refractivity contribution in [2.45, 2.75) is 39.3 Å². The molecule has 2 amide bonds. The first-order valence-electron chi connectivity index (χ1n) is 9.91. The predicted octanol–water partition coefficient (Wildman–Crippen LogP) is 3.34. The van der Waals surface area contributed by atoms with Crippen molar-refractivity contribution in [3.05, 3.63) is 44.9 Å². The highest BCUT2D eigenvalue weighted by atomic mass is 32.1. The van der Waals surface area contributed by atoms with E-state index in [0.717, 1.165) is 26.5 Å². The van der Waals surface area contributed by atoms with Gasteiger partial charge in [0.25, 0.3) is 5.91 Å². The monoisotopic (exact) mass is 444 g/mol. The lowest BCUT2D eigenvalue weighted by molar-refractivity contribution is -0.138. The van der Waals surface area contributed by atoms with Crippen LogP contribution in [0.2, 0.25) is 0 Å². The largest absolute Gasteiger partial charge is 0.370 e. The van der Waals surface area contributed by atoms with Crippen molar-refractivity contribution < 1.29 is 14.3 Å². The van der Waals surface area contributed by atoms with Gasteiger partial charge in [-0.25, -0.2) is 9.97 Å². The van der Waals surface area contributed by atoms with Gasteiger partial charge in [0.2, 0.25) is 5.91 Å². The van der Waals surface area contributed by atoms with Crippen LogP contribution < -0.4 is 5.32 Å². The minimum absolute atomic E-state index is 0.0236. The Morgan fingerprint density at radius 1 is 1.40 bits per heavy atom. The van der Waals surface area contributed by atoms with Gasteiger partial charge in [-0.3, -0.25) is 9.59 Å². The Balaban J connectivity index is 1.61. The van der Waals surface area contributed by atoms with Crippen molar-refractivity contribution in [1.29, 1.82) is 0 Å². The third-order valence-corrected chi connectivity index (χ3v) is 6.82. The molecule has 1 aliphatic rings. The second-order valence-corrected chi connectivity index (χ2v) is 9.62. The molecule has 30 heavy (non-hydrogen) atoms. The fraction of sp³-hybridized carbons (Fsp3) is 0.429. The molecule has 1 fully saturated rings. The highest BCUT2D eigenvalue weighted by Gasteiger charge is 2.32. The molecule has 1 saturated heterocycles. The fourth-order valence-corrected chi connectivity index (χ4v) is 5.28. The first-order valence-corrected chi connectivity index (χ1v) is 11.6. The molecule has 0 radical (unpaired) electrons. The van der Waals surface area contributed by atoms with Crippen molar-refractivity contribution in [3.63, 3.8) is 0 Å². The molecule has 158 valence electrons. The van der Waals surface area contributed by atoms with Crippen LogP contribution in [0.1, 0.15) is 45.9 Å². The molecule has 4 rings (SSSR count). The highest BCUT2D eigenvalue weighted by Crippen LogP contribution is 2.37. The summed E-state index contributed by atoms with van der Waals surface area (Å²) in [7, 11) is 0. The van der Waals surface area contributed by atoms with Gasteiger partial charge in [-0.2, -0.15) is 0 Å². The topological polar surface area (TPSA) is 84.4 Å². The predicted molar refractivity (Wildman–Crippen MR) is 118 cm³/mol. The van der Waals surface area contributed by atoms with E-state index >= 15 is 0 Å². The summed E-state index contributed by atoms with van der Waals surface area (Å²) >= 11 is 2.91. The van der Waals surface area contributed by atoms with Gasteiger partial charge in [-0.15, -0.1) is 22.7 Å². The van der Waals surface area contributed by atoms with Gasteiger partial charge in [0.15, 0.2) is 0 Å². The number of carbonyl (C=O) groups is 2. The quantitative estimate of drug-likeness (QED) is 0.652. The molecular formula is C21H24N4O3S2. The highest BCUT2D eigenvalue weighted by molar-refractivity contribution is 7.20. The molecular weight excluding hydrogens is 420 g/mol. The second kappa shape index (κ2) is 8.79. The van der Waals surface area contributed by atoms with E-state index < -0.39 is 0 Å². The number of rotatable bonds is 5. The molecule has 9 heteroatoms. The van der Waals surface area contributed by atoms with Crippen LogP contribution in [0, 0.1) is 6.92 Å². The SMILES string of the molecule is Cc1nc(CC(=O)N2CCO[C@H](c3c(C(=O)NC(C)C)sc4ncccc34)C2)cs1. The number of nitrogens with one attached hydrogen (secondary N) is 1. The Morgan fingerprint density at radius 3 is 2.97 bits per heavy atom. The van der Waals surface area contributed by atoms with Crippen LogP contribution in [0.3, 0.4) is 0 Å². The van der Waals surface area contributed by atoms with Crippen molar-refractivity contribution in [2.75, 3.05) is 19.7 Å². The lowest BCUT2D eigenvalue weighted by Crippen LogP contribution is -2.43. The summed E-state index contributed by atoms with van der Waals surface area (Å²) in [6, 6.07) is 3.84. The minimum Gasteiger partial charge on any atom is -0.370 e. The van der Waals surface area contributed by atoms with Crippen molar-refractivity contribution >= 4 is 44.7 Å². The Morgan fingerprint density at radius 2 is 2.23 bits per heavy atom. The Bertz CT molecular complexity index is 1080. The van der Waals surface area contributed by atoms with E-state index in [9.17, 15) is 9.59 Å². The first-order chi connectivity index (χ1) is 14.4.